The van der Waals surface area contributed by atoms with Crippen LogP contribution in [0.2, 0.25) is 0 Å². The summed E-state index contributed by atoms with van der Waals surface area (Å²) in [6.45, 7) is 7.13. The van der Waals surface area contributed by atoms with E-state index in [0.717, 1.165) is 115 Å². The number of aliphatic hydroxyl groups excluding tert-OH is 1. The molecule has 0 aromatic rings. The molecule has 0 amide bonds. The fourth-order valence-electron chi connectivity index (χ4n) is 9.75. The van der Waals surface area contributed by atoms with E-state index in [1.54, 1.807) is 0 Å². The molecule has 0 aliphatic rings. The zero-order valence-corrected chi connectivity index (χ0v) is 57.4. The minimum Gasteiger partial charge on any atom is -0.462 e. The largest absolute Gasteiger partial charge is 0.472 e. The van der Waals surface area contributed by atoms with Crippen LogP contribution in [0.1, 0.15) is 324 Å². The summed E-state index contributed by atoms with van der Waals surface area (Å²) >= 11 is 0. The molecule has 0 spiro atoms. The maximum Gasteiger partial charge on any atom is 0.472 e. The molecule has 3 N–H and O–H groups in total. The number of carbonyl (C=O) groups excluding carboxylic acids is 4. The fraction of sp³-hybridized carbons (Fsp3) is 0.882. The summed E-state index contributed by atoms with van der Waals surface area (Å²) in [6, 6.07) is 0. The summed E-state index contributed by atoms with van der Waals surface area (Å²) in [5, 5.41) is 10.6. The average Bonchev–Trinajstić information content (AvgIpc) is 3.62. The fourth-order valence-corrected chi connectivity index (χ4v) is 11.3. The SMILES string of the molecule is CCCCCC/C=C\C=C/CCCCCCCC(=O)O[C@H](COC(=O)CCCCCCCCCCCCCC(C)C)COP(=O)(O)OC[C@@H](O)COP(=O)(O)OC[C@@H](COC(=O)CCCCCCCCCC)OC(=O)CCCCCCCCCCCC. The van der Waals surface area contributed by atoms with E-state index in [9.17, 15) is 43.2 Å². The Hall–Kier alpha value is -2.46. The molecule has 17 nitrogen and oxygen atoms in total. The Morgan fingerprint density at radius 1 is 0.356 bits per heavy atom. The zero-order valence-electron chi connectivity index (χ0n) is 55.6. The topological polar surface area (TPSA) is 237 Å². The molecule has 0 saturated heterocycles. The van der Waals surface area contributed by atoms with Gasteiger partial charge in [-0.15, -0.1) is 0 Å². The highest BCUT2D eigenvalue weighted by Gasteiger charge is 2.30. The number of esters is 4. The van der Waals surface area contributed by atoms with Gasteiger partial charge in [0.25, 0.3) is 0 Å². The van der Waals surface area contributed by atoms with Crippen molar-refractivity contribution >= 4 is 39.5 Å². The molecule has 19 heteroatoms. The molecular formula is C68H128O17P2. The van der Waals surface area contributed by atoms with Crippen molar-refractivity contribution in [1.82, 2.24) is 0 Å². The molecule has 2 unspecified atom stereocenters. The molecule has 0 heterocycles. The number of carbonyl (C=O) groups is 4. The van der Waals surface area contributed by atoms with Gasteiger partial charge < -0.3 is 33.8 Å². The van der Waals surface area contributed by atoms with Crippen LogP contribution in [0.5, 0.6) is 0 Å². The molecule has 87 heavy (non-hydrogen) atoms. The third kappa shape index (κ3) is 62.1. The van der Waals surface area contributed by atoms with Gasteiger partial charge in [0, 0.05) is 25.7 Å². The van der Waals surface area contributed by atoms with Gasteiger partial charge in [0.2, 0.25) is 0 Å². The molecule has 0 aliphatic heterocycles. The van der Waals surface area contributed by atoms with Crippen LogP contribution in [-0.4, -0.2) is 96.7 Å². The zero-order chi connectivity index (χ0) is 64.2. The van der Waals surface area contributed by atoms with Crippen molar-refractivity contribution in [1.29, 1.82) is 0 Å². The van der Waals surface area contributed by atoms with Gasteiger partial charge in [-0.2, -0.15) is 0 Å². The van der Waals surface area contributed by atoms with Crippen LogP contribution in [0.25, 0.3) is 0 Å². The Bertz CT molecular complexity index is 1780. The lowest BCUT2D eigenvalue weighted by atomic mass is 10.0. The van der Waals surface area contributed by atoms with Crippen LogP contribution in [-0.2, 0) is 65.4 Å². The lowest BCUT2D eigenvalue weighted by Gasteiger charge is -2.21. The summed E-state index contributed by atoms with van der Waals surface area (Å²) < 4.78 is 68.1. The van der Waals surface area contributed by atoms with Gasteiger partial charge in [-0.25, -0.2) is 9.13 Å². The molecule has 0 radical (unpaired) electrons. The number of hydrogen-bond donors (Lipinski definition) is 3. The Balaban J connectivity index is 5.26. The number of aliphatic hydroxyl groups is 1. The van der Waals surface area contributed by atoms with Crippen molar-refractivity contribution in [3.05, 3.63) is 24.3 Å². The summed E-state index contributed by atoms with van der Waals surface area (Å²) in [4.78, 5) is 72.3. The molecule has 0 aromatic heterocycles. The Morgan fingerprint density at radius 2 is 0.621 bits per heavy atom. The van der Waals surface area contributed by atoms with E-state index in [2.05, 4.69) is 58.9 Å². The van der Waals surface area contributed by atoms with Gasteiger partial charge in [-0.3, -0.25) is 37.3 Å². The highest BCUT2D eigenvalue weighted by molar-refractivity contribution is 7.47. The number of allylic oxidation sites excluding steroid dienone is 4. The molecule has 0 aromatic carbocycles. The first-order chi connectivity index (χ1) is 42.0. The van der Waals surface area contributed by atoms with Crippen LogP contribution in [0.3, 0.4) is 0 Å². The number of phosphoric acid groups is 2. The number of rotatable bonds is 66. The number of hydrogen-bond acceptors (Lipinski definition) is 15. The second-order valence-electron chi connectivity index (χ2n) is 24.4. The lowest BCUT2D eigenvalue weighted by Crippen LogP contribution is -2.30. The maximum atomic E-state index is 13.0. The van der Waals surface area contributed by atoms with Crippen LogP contribution >= 0.6 is 15.6 Å². The van der Waals surface area contributed by atoms with Crippen molar-refractivity contribution in [2.45, 2.75) is 342 Å². The predicted octanol–water partition coefficient (Wildman–Crippen LogP) is 18.9. The van der Waals surface area contributed by atoms with E-state index in [1.165, 1.54) is 128 Å². The van der Waals surface area contributed by atoms with Gasteiger partial charge in [-0.05, 0) is 57.3 Å². The molecular weight excluding hydrogens is 1150 g/mol. The van der Waals surface area contributed by atoms with E-state index in [1.807, 2.05) is 0 Å². The highest BCUT2D eigenvalue weighted by atomic mass is 31.2. The molecule has 0 saturated carbocycles. The van der Waals surface area contributed by atoms with Crippen LogP contribution < -0.4 is 0 Å². The third-order valence-electron chi connectivity index (χ3n) is 15.2. The van der Waals surface area contributed by atoms with Crippen LogP contribution in [0.15, 0.2) is 24.3 Å². The van der Waals surface area contributed by atoms with E-state index < -0.39 is 97.5 Å². The first kappa shape index (κ1) is 84.5. The van der Waals surface area contributed by atoms with Crippen LogP contribution in [0.4, 0.5) is 0 Å². The summed E-state index contributed by atoms with van der Waals surface area (Å²) in [7, 11) is -9.90. The molecule has 0 bridgehead atoms. The van der Waals surface area contributed by atoms with E-state index in [-0.39, 0.29) is 25.7 Å². The van der Waals surface area contributed by atoms with Gasteiger partial charge >= 0.3 is 39.5 Å². The minimum absolute atomic E-state index is 0.0850. The van der Waals surface area contributed by atoms with E-state index >= 15 is 0 Å². The average molecular weight is 1280 g/mol. The number of unbranched alkanes of at least 4 members (excludes halogenated alkanes) is 35. The third-order valence-corrected chi connectivity index (χ3v) is 17.1. The molecule has 5 atom stereocenters. The van der Waals surface area contributed by atoms with Gasteiger partial charge in [0.15, 0.2) is 12.2 Å². The second kappa shape index (κ2) is 61.1. The quantitative estimate of drug-likeness (QED) is 0.0169. The van der Waals surface area contributed by atoms with Crippen molar-refractivity contribution in [2.24, 2.45) is 5.92 Å². The first-order valence-corrected chi connectivity index (χ1v) is 37.9. The van der Waals surface area contributed by atoms with Crippen molar-refractivity contribution in [2.75, 3.05) is 39.6 Å². The van der Waals surface area contributed by atoms with Gasteiger partial charge in [0.1, 0.15) is 19.3 Å². The summed E-state index contributed by atoms with van der Waals surface area (Å²) in [6.07, 6.45) is 49.4. The molecule has 0 rings (SSSR count). The Labute approximate surface area is 529 Å². The minimum atomic E-state index is -4.96. The van der Waals surface area contributed by atoms with Crippen molar-refractivity contribution in [3.63, 3.8) is 0 Å². The van der Waals surface area contributed by atoms with E-state index in [4.69, 9.17) is 37.0 Å². The molecule has 0 fully saturated rings. The monoisotopic (exact) mass is 1280 g/mol. The summed E-state index contributed by atoms with van der Waals surface area (Å²) in [5.41, 5.74) is 0. The normalized spacial score (nSPS) is 14.3. The Morgan fingerprint density at radius 3 is 0.943 bits per heavy atom. The van der Waals surface area contributed by atoms with Gasteiger partial charge in [0.05, 0.1) is 26.4 Å². The molecule has 512 valence electrons. The second-order valence-corrected chi connectivity index (χ2v) is 27.3. The number of phosphoric ester groups is 2. The van der Waals surface area contributed by atoms with Crippen LogP contribution in [0, 0.1) is 5.92 Å². The molecule has 0 aliphatic carbocycles. The lowest BCUT2D eigenvalue weighted by molar-refractivity contribution is -0.161. The first-order valence-electron chi connectivity index (χ1n) is 35.0. The summed E-state index contributed by atoms with van der Waals surface area (Å²) in [5.74, 6) is -1.39. The van der Waals surface area contributed by atoms with E-state index in [0.29, 0.717) is 25.7 Å². The van der Waals surface area contributed by atoms with Crippen molar-refractivity contribution < 1.29 is 80.2 Å². The smallest absolute Gasteiger partial charge is 0.462 e. The Kier molecular flexibility index (Phi) is 59.3. The number of ether oxygens (including phenoxy) is 4. The highest BCUT2D eigenvalue weighted by Crippen LogP contribution is 2.45. The van der Waals surface area contributed by atoms with Crippen molar-refractivity contribution in [3.8, 4) is 0 Å². The standard InChI is InChI=1S/C68H128O17P2/c1-6-9-12-15-18-21-23-24-25-26-29-34-39-44-49-54-68(73)85-64(58-79-66(71)52-47-42-37-33-30-27-28-31-35-40-45-50-61(4)5)60-83-87(76,77)81-56-62(69)55-80-86(74,75)82-59-63(57-78-65(70)51-46-41-36-20-17-14-11-8-3)84-67(72)53-48-43-38-32-22-19-16-13-10-7-2/h21,23-25,61-64,69H,6-20,22,26-60H2,1-5H3,(H,74,75)(H,76,77)/b23-21-,25-24-/t62-,63+,64+/m0/s1. The maximum absolute atomic E-state index is 13.0. The predicted molar refractivity (Wildman–Crippen MR) is 349 cm³/mol. The van der Waals surface area contributed by atoms with Gasteiger partial charge in [-0.1, -0.05) is 271 Å².